The summed E-state index contributed by atoms with van der Waals surface area (Å²) in [6.45, 7) is 6.96. The number of rotatable bonds is 4. The fourth-order valence-corrected chi connectivity index (χ4v) is 6.25. The Morgan fingerprint density at radius 2 is 1.52 bits per heavy atom. The van der Waals surface area contributed by atoms with Gasteiger partial charge < -0.3 is 0 Å². The zero-order valence-electron chi connectivity index (χ0n) is 19.9. The van der Waals surface area contributed by atoms with Gasteiger partial charge in [0.05, 0.1) is 10.9 Å². The highest BCUT2D eigenvalue weighted by atomic mass is 14.9. The van der Waals surface area contributed by atoms with Crippen LogP contribution in [-0.2, 0) is 7.05 Å². The van der Waals surface area contributed by atoms with E-state index in [4.69, 9.17) is 0 Å². The number of nitrogens with zero attached hydrogens (tertiary/aromatic N) is 1. The first-order chi connectivity index (χ1) is 15.0. The number of benzene rings is 2. The average Bonchev–Trinajstić information content (AvgIpc) is 3.48. The summed E-state index contributed by atoms with van der Waals surface area (Å²) in [7, 11) is 2.22. The fourth-order valence-electron chi connectivity index (χ4n) is 6.25. The summed E-state index contributed by atoms with van der Waals surface area (Å²) >= 11 is 0. The first-order valence-electron chi connectivity index (χ1n) is 12.6. The van der Waals surface area contributed by atoms with Gasteiger partial charge in [-0.1, -0.05) is 57.7 Å². The van der Waals surface area contributed by atoms with E-state index in [2.05, 4.69) is 75.0 Å². The number of aromatic nitrogens is 1. The van der Waals surface area contributed by atoms with Crippen LogP contribution in [0.15, 0.2) is 42.6 Å². The molecule has 0 aliphatic heterocycles. The van der Waals surface area contributed by atoms with E-state index in [0.29, 0.717) is 5.92 Å². The van der Waals surface area contributed by atoms with Crippen molar-refractivity contribution in [2.75, 3.05) is 0 Å². The van der Waals surface area contributed by atoms with Crippen LogP contribution in [0, 0.1) is 6.92 Å². The van der Waals surface area contributed by atoms with E-state index < -0.39 is 0 Å². The SMILES string of the molecule is Cc1c(-c2c3ccc(C(C)C)cc3cc[n+]2C)cc(C2CCCC2)cc1C1CCCC1. The van der Waals surface area contributed by atoms with Gasteiger partial charge in [-0.3, -0.25) is 0 Å². The molecule has 31 heavy (non-hydrogen) atoms. The molecule has 0 bridgehead atoms. The Morgan fingerprint density at radius 1 is 0.839 bits per heavy atom. The van der Waals surface area contributed by atoms with Crippen molar-refractivity contribution in [3.8, 4) is 11.3 Å². The minimum Gasteiger partial charge on any atom is -0.200 e. The number of aryl methyl sites for hydroxylation is 1. The molecule has 1 heteroatoms. The van der Waals surface area contributed by atoms with Gasteiger partial charge in [0.1, 0.15) is 7.05 Å². The summed E-state index contributed by atoms with van der Waals surface area (Å²) in [6.07, 6.45) is 13.3. The van der Waals surface area contributed by atoms with Crippen molar-refractivity contribution in [2.24, 2.45) is 7.05 Å². The van der Waals surface area contributed by atoms with Gasteiger partial charge in [-0.2, -0.15) is 0 Å². The summed E-state index contributed by atoms with van der Waals surface area (Å²) in [6, 6.07) is 14.6. The summed E-state index contributed by atoms with van der Waals surface area (Å²) in [5.41, 5.74) is 9.06. The van der Waals surface area contributed by atoms with Crippen molar-refractivity contribution in [3.63, 3.8) is 0 Å². The van der Waals surface area contributed by atoms with Crippen molar-refractivity contribution in [2.45, 2.75) is 89.9 Å². The van der Waals surface area contributed by atoms with Crippen molar-refractivity contribution in [1.82, 2.24) is 0 Å². The summed E-state index contributed by atoms with van der Waals surface area (Å²) < 4.78 is 2.36. The number of fused-ring (bicyclic) bond motifs is 1. The largest absolute Gasteiger partial charge is 0.220 e. The van der Waals surface area contributed by atoms with Crippen LogP contribution in [-0.4, -0.2) is 0 Å². The monoisotopic (exact) mass is 412 g/mol. The topological polar surface area (TPSA) is 3.88 Å². The summed E-state index contributed by atoms with van der Waals surface area (Å²) in [5.74, 6) is 2.07. The van der Waals surface area contributed by atoms with Crippen molar-refractivity contribution in [3.05, 3.63) is 64.8 Å². The lowest BCUT2D eigenvalue weighted by atomic mass is 9.83. The predicted octanol–water partition coefficient (Wildman–Crippen LogP) is 8.08. The van der Waals surface area contributed by atoms with Crippen LogP contribution in [0.5, 0.6) is 0 Å². The molecule has 2 aliphatic carbocycles. The van der Waals surface area contributed by atoms with E-state index in [0.717, 1.165) is 11.8 Å². The van der Waals surface area contributed by atoms with Crippen molar-refractivity contribution >= 4 is 10.8 Å². The van der Waals surface area contributed by atoms with Gasteiger partial charge in [0, 0.05) is 6.07 Å². The van der Waals surface area contributed by atoms with Crippen LogP contribution in [0.1, 0.15) is 105 Å². The Morgan fingerprint density at radius 3 is 2.19 bits per heavy atom. The fraction of sp³-hybridized carbons (Fsp3) is 0.500. The minimum atomic E-state index is 0.559. The smallest absolute Gasteiger partial charge is 0.200 e. The second-order valence-electron chi connectivity index (χ2n) is 10.5. The molecular weight excluding hydrogens is 374 g/mol. The molecule has 0 spiro atoms. The van der Waals surface area contributed by atoms with E-state index >= 15 is 0 Å². The molecule has 2 saturated carbocycles. The minimum absolute atomic E-state index is 0.559. The second kappa shape index (κ2) is 8.41. The van der Waals surface area contributed by atoms with Gasteiger partial charge in [-0.05, 0) is 90.1 Å². The van der Waals surface area contributed by atoms with Gasteiger partial charge in [-0.25, -0.2) is 4.57 Å². The molecule has 2 aromatic carbocycles. The van der Waals surface area contributed by atoms with Crippen molar-refractivity contribution in [1.29, 1.82) is 0 Å². The van der Waals surface area contributed by atoms with Crippen LogP contribution in [0.3, 0.4) is 0 Å². The molecular formula is C30H38N+. The highest BCUT2D eigenvalue weighted by molar-refractivity contribution is 5.94. The third-order valence-electron chi connectivity index (χ3n) is 8.17. The molecule has 0 N–H and O–H groups in total. The number of hydrogen-bond acceptors (Lipinski definition) is 0. The maximum Gasteiger partial charge on any atom is 0.220 e. The molecule has 3 aromatic rings. The molecule has 0 amide bonds. The number of pyridine rings is 1. The molecule has 1 heterocycles. The lowest BCUT2D eigenvalue weighted by Crippen LogP contribution is -2.31. The lowest BCUT2D eigenvalue weighted by Gasteiger charge is -2.21. The zero-order valence-corrected chi connectivity index (χ0v) is 19.9. The summed E-state index contributed by atoms with van der Waals surface area (Å²) in [5, 5.41) is 2.76. The Labute approximate surface area is 188 Å². The number of hydrogen-bond donors (Lipinski definition) is 0. The molecule has 0 unspecified atom stereocenters. The van der Waals surface area contributed by atoms with Crippen LogP contribution in [0.25, 0.3) is 22.0 Å². The van der Waals surface area contributed by atoms with Crippen LogP contribution in [0.4, 0.5) is 0 Å². The maximum atomic E-state index is 2.62. The Hall–Kier alpha value is -2.15. The molecule has 2 aliphatic rings. The van der Waals surface area contributed by atoms with E-state index in [1.54, 1.807) is 11.1 Å². The molecule has 1 aromatic heterocycles. The van der Waals surface area contributed by atoms with Gasteiger partial charge in [-0.15, -0.1) is 0 Å². The Balaban J connectivity index is 1.73. The Kier molecular flexibility index (Phi) is 5.63. The highest BCUT2D eigenvalue weighted by Gasteiger charge is 2.27. The van der Waals surface area contributed by atoms with Gasteiger partial charge in [0.15, 0.2) is 6.20 Å². The van der Waals surface area contributed by atoms with E-state index in [-0.39, 0.29) is 0 Å². The van der Waals surface area contributed by atoms with Gasteiger partial charge >= 0.3 is 0 Å². The third kappa shape index (κ3) is 3.81. The Bertz CT molecular complexity index is 1100. The lowest BCUT2D eigenvalue weighted by molar-refractivity contribution is -0.659. The molecule has 0 atom stereocenters. The van der Waals surface area contributed by atoms with Gasteiger partial charge in [0.25, 0.3) is 0 Å². The zero-order chi connectivity index (χ0) is 21.5. The highest BCUT2D eigenvalue weighted by Crippen LogP contribution is 2.43. The maximum absolute atomic E-state index is 2.62. The normalized spacial score (nSPS) is 18.0. The first-order valence-corrected chi connectivity index (χ1v) is 12.6. The first kappa shape index (κ1) is 20.7. The van der Waals surface area contributed by atoms with Gasteiger partial charge in [0.2, 0.25) is 5.69 Å². The standard InChI is InChI=1S/C30H38N/c1-20(2)24-13-14-27-25(17-24)15-16-31(4)30(27)29-19-26(22-9-5-6-10-22)18-28(21(29)3)23-11-7-8-12-23/h13-20,22-23H,5-12H2,1-4H3/q+1. The van der Waals surface area contributed by atoms with Crippen LogP contribution in [0.2, 0.25) is 0 Å². The second-order valence-corrected chi connectivity index (χ2v) is 10.5. The molecule has 0 saturated heterocycles. The van der Waals surface area contributed by atoms with Crippen LogP contribution < -0.4 is 4.57 Å². The van der Waals surface area contributed by atoms with E-state index in [1.807, 2.05) is 0 Å². The molecule has 162 valence electrons. The van der Waals surface area contributed by atoms with Crippen molar-refractivity contribution < 1.29 is 4.57 Å². The quantitative estimate of drug-likeness (QED) is 0.381. The molecule has 5 rings (SSSR count). The van der Waals surface area contributed by atoms with E-state index in [1.165, 1.54) is 84.5 Å². The van der Waals surface area contributed by atoms with E-state index in [9.17, 15) is 0 Å². The molecule has 0 radical (unpaired) electrons. The third-order valence-corrected chi connectivity index (χ3v) is 8.17. The summed E-state index contributed by atoms with van der Waals surface area (Å²) in [4.78, 5) is 0. The molecule has 1 nitrogen and oxygen atoms in total. The molecule has 2 fully saturated rings. The average molecular weight is 413 g/mol. The van der Waals surface area contributed by atoms with Crippen LogP contribution >= 0.6 is 0 Å². The predicted molar refractivity (Wildman–Crippen MR) is 132 cm³/mol.